The fourth-order valence-electron chi connectivity index (χ4n) is 2.76. The molecule has 1 aliphatic carbocycles. The van der Waals surface area contributed by atoms with Gasteiger partial charge in [0.2, 0.25) is 0 Å². The lowest BCUT2D eigenvalue weighted by molar-refractivity contribution is -0.384. The maximum absolute atomic E-state index is 10.9. The van der Waals surface area contributed by atoms with Crippen molar-refractivity contribution in [2.75, 3.05) is 0 Å². The highest BCUT2D eigenvalue weighted by Crippen LogP contribution is 2.45. The van der Waals surface area contributed by atoms with Crippen molar-refractivity contribution < 1.29 is 9.66 Å². The zero-order chi connectivity index (χ0) is 19.1. The molecule has 4 nitrogen and oxygen atoms in total. The third-order valence-corrected chi connectivity index (χ3v) is 4.40. The molecule has 0 N–H and O–H groups in total. The van der Waals surface area contributed by atoms with E-state index in [-0.39, 0.29) is 10.6 Å². The molecule has 1 fully saturated rings. The second-order valence-corrected chi connectivity index (χ2v) is 6.68. The van der Waals surface area contributed by atoms with E-state index in [1.165, 1.54) is 11.6 Å². The highest BCUT2D eigenvalue weighted by Gasteiger charge is 2.28. The Kier molecular flexibility index (Phi) is 6.21. The van der Waals surface area contributed by atoms with Crippen LogP contribution in [-0.2, 0) is 6.61 Å². The van der Waals surface area contributed by atoms with Crippen LogP contribution in [0.15, 0.2) is 78.9 Å². The molecule has 0 saturated heterocycles. The van der Waals surface area contributed by atoms with Gasteiger partial charge in [0.1, 0.15) is 12.4 Å². The van der Waals surface area contributed by atoms with Gasteiger partial charge in [-0.15, -0.1) is 0 Å². The molecular weight excluding hydrogens is 338 g/mol. The fraction of sp³-hybridized carbons (Fsp3) is 0.217. The van der Waals surface area contributed by atoms with E-state index in [0.717, 1.165) is 29.7 Å². The molecule has 0 amide bonds. The van der Waals surface area contributed by atoms with Crippen molar-refractivity contribution in [2.45, 2.75) is 32.3 Å². The zero-order valence-electron chi connectivity index (χ0n) is 15.4. The van der Waals surface area contributed by atoms with Gasteiger partial charge in [-0.2, -0.15) is 0 Å². The highest BCUT2D eigenvalue weighted by molar-refractivity contribution is 5.47. The van der Waals surface area contributed by atoms with Gasteiger partial charge in [0, 0.05) is 17.7 Å². The highest BCUT2D eigenvalue weighted by atomic mass is 16.6. The minimum Gasteiger partial charge on any atom is -0.489 e. The summed E-state index contributed by atoms with van der Waals surface area (Å²) in [6.45, 7) is 2.57. The van der Waals surface area contributed by atoms with E-state index >= 15 is 0 Å². The van der Waals surface area contributed by atoms with Crippen LogP contribution >= 0.6 is 0 Å². The van der Waals surface area contributed by atoms with Gasteiger partial charge in [-0.05, 0) is 37.3 Å². The Morgan fingerprint density at radius 3 is 2.11 bits per heavy atom. The molecule has 0 aliphatic heterocycles. The molecule has 0 unspecified atom stereocenters. The number of aryl methyl sites for hydroxylation is 1. The average molecular weight is 361 g/mol. The van der Waals surface area contributed by atoms with Gasteiger partial charge in [-0.1, -0.05) is 66.2 Å². The lowest BCUT2D eigenvalue weighted by Crippen LogP contribution is -1.99. The van der Waals surface area contributed by atoms with Crippen molar-refractivity contribution >= 4 is 5.69 Å². The van der Waals surface area contributed by atoms with E-state index in [0.29, 0.717) is 12.5 Å². The lowest BCUT2D eigenvalue weighted by Gasteiger charge is -2.11. The quantitative estimate of drug-likeness (QED) is 0.411. The van der Waals surface area contributed by atoms with E-state index in [2.05, 4.69) is 19.1 Å². The van der Waals surface area contributed by atoms with Gasteiger partial charge in [0.05, 0.1) is 4.92 Å². The van der Waals surface area contributed by atoms with Crippen LogP contribution in [0.2, 0.25) is 0 Å². The second-order valence-electron chi connectivity index (χ2n) is 6.68. The van der Waals surface area contributed by atoms with Crippen molar-refractivity contribution in [1.82, 2.24) is 0 Å². The largest absolute Gasteiger partial charge is 0.489 e. The van der Waals surface area contributed by atoms with Crippen LogP contribution in [0.3, 0.4) is 0 Å². The Morgan fingerprint density at radius 2 is 1.59 bits per heavy atom. The van der Waals surface area contributed by atoms with Gasteiger partial charge < -0.3 is 4.74 Å². The number of nitrogens with zero attached hydrogens (tertiary/aromatic N) is 1. The molecule has 0 aromatic heterocycles. The van der Waals surface area contributed by atoms with Crippen molar-refractivity contribution in [3.8, 4) is 5.75 Å². The number of benzene rings is 3. The van der Waals surface area contributed by atoms with Crippen molar-refractivity contribution in [3.63, 3.8) is 0 Å². The average Bonchev–Trinajstić information content (AvgIpc) is 3.53. The third kappa shape index (κ3) is 5.68. The summed E-state index contributed by atoms with van der Waals surface area (Å²) in [6, 6.07) is 25.0. The monoisotopic (exact) mass is 361 g/mol. The molecule has 1 aliphatic rings. The summed E-state index contributed by atoms with van der Waals surface area (Å²) in [5.41, 5.74) is 3.52. The van der Waals surface area contributed by atoms with Gasteiger partial charge in [-0.3, -0.25) is 10.1 Å². The SMILES string of the molecule is Cc1ccccc1.O=[N+]([O-])c1ccc(OCc2ccccc2)c(C2CC2)c1. The van der Waals surface area contributed by atoms with Crippen molar-refractivity contribution in [3.05, 3.63) is 106 Å². The summed E-state index contributed by atoms with van der Waals surface area (Å²) in [4.78, 5) is 10.5. The van der Waals surface area contributed by atoms with Gasteiger partial charge >= 0.3 is 0 Å². The third-order valence-electron chi connectivity index (χ3n) is 4.40. The number of nitro benzene ring substituents is 1. The molecule has 0 spiro atoms. The van der Waals surface area contributed by atoms with Crippen LogP contribution in [0.25, 0.3) is 0 Å². The van der Waals surface area contributed by atoms with E-state index in [1.807, 2.05) is 48.5 Å². The standard InChI is InChI=1S/C16H15NO3.C7H8/c18-17(19)14-8-9-16(15(10-14)13-6-7-13)20-11-12-4-2-1-3-5-12;1-7-5-3-2-4-6-7/h1-5,8-10,13H,6-7,11H2;2-6H,1H3. The zero-order valence-corrected chi connectivity index (χ0v) is 15.4. The van der Waals surface area contributed by atoms with E-state index in [9.17, 15) is 10.1 Å². The number of ether oxygens (including phenoxy) is 1. The molecule has 27 heavy (non-hydrogen) atoms. The van der Waals surface area contributed by atoms with Gasteiger partial charge in [0.15, 0.2) is 0 Å². The Labute approximate surface area is 159 Å². The van der Waals surface area contributed by atoms with E-state index in [1.54, 1.807) is 12.1 Å². The number of rotatable bonds is 5. The number of hydrogen-bond donors (Lipinski definition) is 0. The molecule has 3 aromatic carbocycles. The molecule has 4 rings (SSSR count). The summed E-state index contributed by atoms with van der Waals surface area (Å²) in [5.74, 6) is 1.18. The van der Waals surface area contributed by atoms with Gasteiger partial charge in [-0.25, -0.2) is 0 Å². The number of non-ortho nitro benzene ring substituents is 1. The van der Waals surface area contributed by atoms with E-state index in [4.69, 9.17) is 4.74 Å². The smallest absolute Gasteiger partial charge is 0.269 e. The minimum atomic E-state index is -0.354. The van der Waals surface area contributed by atoms with Crippen molar-refractivity contribution in [2.24, 2.45) is 0 Å². The predicted molar refractivity (Wildman–Crippen MR) is 107 cm³/mol. The molecule has 0 atom stereocenters. The molecule has 0 bridgehead atoms. The maximum atomic E-state index is 10.9. The lowest BCUT2D eigenvalue weighted by atomic mass is 10.1. The van der Waals surface area contributed by atoms with Crippen LogP contribution in [0.1, 0.15) is 35.4 Å². The predicted octanol–water partition coefficient (Wildman–Crippen LogP) is 6.05. The summed E-state index contributed by atoms with van der Waals surface area (Å²) in [6.07, 6.45) is 2.17. The summed E-state index contributed by atoms with van der Waals surface area (Å²) < 4.78 is 5.84. The summed E-state index contributed by atoms with van der Waals surface area (Å²) >= 11 is 0. The van der Waals surface area contributed by atoms with Crippen LogP contribution < -0.4 is 4.74 Å². The molecule has 0 radical (unpaired) electrons. The van der Waals surface area contributed by atoms with Crippen LogP contribution in [-0.4, -0.2) is 4.92 Å². The Morgan fingerprint density at radius 1 is 0.963 bits per heavy atom. The molecule has 0 heterocycles. The Hall–Kier alpha value is -3.14. The first-order valence-corrected chi connectivity index (χ1v) is 9.10. The summed E-state index contributed by atoms with van der Waals surface area (Å²) in [7, 11) is 0. The second kappa shape index (κ2) is 8.99. The summed E-state index contributed by atoms with van der Waals surface area (Å²) in [5, 5.41) is 10.9. The number of nitro groups is 1. The topological polar surface area (TPSA) is 52.4 Å². The fourth-order valence-corrected chi connectivity index (χ4v) is 2.76. The molecule has 138 valence electrons. The number of hydrogen-bond acceptors (Lipinski definition) is 3. The Bertz CT molecular complexity index is 875. The molecule has 4 heteroatoms. The van der Waals surface area contributed by atoms with Gasteiger partial charge in [0.25, 0.3) is 5.69 Å². The van der Waals surface area contributed by atoms with Crippen LogP contribution in [0.5, 0.6) is 5.75 Å². The van der Waals surface area contributed by atoms with Crippen molar-refractivity contribution in [1.29, 1.82) is 0 Å². The molecule has 1 saturated carbocycles. The van der Waals surface area contributed by atoms with E-state index < -0.39 is 0 Å². The molecular formula is C23H23NO3. The van der Waals surface area contributed by atoms with Crippen LogP contribution in [0.4, 0.5) is 5.69 Å². The first kappa shape index (κ1) is 18.6. The normalized spacial score (nSPS) is 12.6. The minimum absolute atomic E-state index is 0.138. The molecule has 3 aromatic rings. The van der Waals surface area contributed by atoms with Crippen LogP contribution in [0, 0.1) is 17.0 Å². The Balaban J connectivity index is 0.000000253. The first-order valence-electron chi connectivity index (χ1n) is 9.10. The first-order chi connectivity index (χ1) is 13.1. The maximum Gasteiger partial charge on any atom is 0.269 e.